The van der Waals surface area contributed by atoms with Gasteiger partial charge in [-0.05, 0) is 12.0 Å². The van der Waals surface area contributed by atoms with E-state index in [1.165, 1.54) is 18.3 Å². The van der Waals surface area contributed by atoms with Crippen LogP contribution in [0.1, 0.15) is 37.0 Å². The van der Waals surface area contributed by atoms with Crippen LogP contribution in [0.15, 0.2) is 23.1 Å². The largest absolute Gasteiger partial charge is 0.350 e. The van der Waals surface area contributed by atoms with Gasteiger partial charge in [0.25, 0.3) is 5.91 Å². The molecule has 0 fully saturated rings. The number of hydrogen-bond donors (Lipinski definition) is 3. The van der Waals surface area contributed by atoms with Gasteiger partial charge in [-0.2, -0.15) is 0 Å². The Morgan fingerprint density at radius 1 is 1.39 bits per heavy atom. The van der Waals surface area contributed by atoms with E-state index in [1.54, 1.807) is 0 Å². The van der Waals surface area contributed by atoms with Gasteiger partial charge in [-0.3, -0.25) is 9.59 Å². The number of carbonyl (C=O) groups is 1. The lowest BCUT2D eigenvalue weighted by atomic mass is 9.95. The van der Waals surface area contributed by atoms with Gasteiger partial charge < -0.3 is 16.0 Å². The van der Waals surface area contributed by atoms with E-state index < -0.39 is 0 Å². The minimum atomic E-state index is -0.222. The Labute approximate surface area is 107 Å². The van der Waals surface area contributed by atoms with Crippen LogP contribution in [0.5, 0.6) is 0 Å². The SMILES string of the molecule is CCC(CC)C(N)CNC(=O)c1ccc(=O)[nH]c1. The number of aromatic amines is 1. The highest BCUT2D eigenvalue weighted by Crippen LogP contribution is 2.10. The molecule has 1 aromatic heterocycles. The molecule has 1 unspecified atom stereocenters. The van der Waals surface area contributed by atoms with Crippen molar-refractivity contribution < 1.29 is 4.79 Å². The van der Waals surface area contributed by atoms with Crippen LogP contribution in [0, 0.1) is 5.92 Å². The van der Waals surface area contributed by atoms with Crippen molar-refractivity contribution in [3.8, 4) is 0 Å². The third kappa shape index (κ3) is 4.00. The maximum Gasteiger partial charge on any atom is 0.252 e. The molecule has 0 radical (unpaired) electrons. The van der Waals surface area contributed by atoms with Crippen molar-refractivity contribution in [2.75, 3.05) is 6.54 Å². The maximum absolute atomic E-state index is 11.8. The van der Waals surface area contributed by atoms with Crippen molar-refractivity contribution in [1.82, 2.24) is 10.3 Å². The second-order valence-electron chi connectivity index (χ2n) is 4.39. The summed E-state index contributed by atoms with van der Waals surface area (Å²) in [6.45, 7) is 4.64. The smallest absolute Gasteiger partial charge is 0.252 e. The first kappa shape index (κ1) is 14.4. The van der Waals surface area contributed by atoms with E-state index in [4.69, 9.17) is 5.73 Å². The van der Waals surface area contributed by atoms with Gasteiger partial charge in [-0.1, -0.05) is 26.7 Å². The fraction of sp³-hybridized carbons (Fsp3) is 0.538. The molecule has 1 atom stereocenters. The lowest BCUT2D eigenvalue weighted by Crippen LogP contribution is -2.41. The van der Waals surface area contributed by atoms with Crippen LogP contribution >= 0.6 is 0 Å². The van der Waals surface area contributed by atoms with Gasteiger partial charge in [0.05, 0.1) is 5.56 Å². The zero-order chi connectivity index (χ0) is 13.5. The highest BCUT2D eigenvalue weighted by molar-refractivity contribution is 5.93. The van der Waals surface area contributed by atoms with Crippen LogP contribution in [-0.4, -0.2) is 23.5 Å². The second-order valence-corrected chi connectivity index (χ2v) is 4.39. The number of carbonyl (C=O) groups excluding carboxylic acids is 1. The van der Waals surface area contributed by atoms with E-state index in [0.29, 0.717) is 18.0 Å². The molecule has 0 saturated carbocycles. The molecule has 0 aliphatic rings. The number of H-pyrrole nitrogens is 1. The first-order chi connectivity index (χ1) is 8.58. The summed E-state index contributed by atoms with van der Waals surface area (Å²) in [5.74, 6) is 0.202. The molecule has 0 aliphatic heterocycles. The molecule has 0 bridgehead atoms. The fourth-order valence-corrected chi connectivity index (χ4v) is 1.93. The molecule has 5 heteroatoms. The Morgan fingerprint density at radius 3 is 2.56 bits per heavy atom. The summed E-state index contributed by atoms with van der Waals surface area (Å²) in [5.41, 5.74) is 6.23. The average Bonchev–Trinajstić information content (AvgIpc) is 2.38. The topological polar surface area (TPSA) is 88.0 Å². The Balaban J connectivity index is 2.51. The highest BCUT2D eigenvalue weighted by atomic mass is 16.1. The van der Waals surface area contributed by atoms with E-state index in [2.05, 4.69) is 24.1 Å². The highest BCUT2D eigenvalue weighted by Gasteiger charge is 2.15. The van der Waals surface area contributed by atoms with Crippen LogP contribution in [0.4, 0.5) is 0 Å². The number of aromatic nitrogens is 1. The Bertz CT molecular complexity index is 418. The lowest BCUT2D eigenvalue weighted by molar-refractivity contribution is 0.0947. The normalized spacial score (nSPS) is 12.4. The lowest BCUT2D eigenvalue weighted by Gasteiger charge is -2.21. The summed E-state index contributed by atoms with van der Waals surface area (Å²) < 4.78 is 0. The van der Waals surface area contributed by atoms with Crippen LogP contribution in [0.3, 0.4) is 0 Å². The molecule has 0 aliphatic carbocycles. The minimum absolute atomic E-state index is 0.0355. The first-order valence-corrected chi connectivity index (χ1v) is 6.31. The van der Waals surface area contributed by atoms with Crippen LogP contribution in [0.2, 0.25) is 0 Å². The van der Waals surface area contributed by atoms with E-state index in [0.717, 1.165) is 12.8 Å². The number of pyridine rings is 1. The third-order valence-corrected chi connectivity index (χ3v) is 3.20. The van der Waals surface area contributed by atoms with Crippen molar-refractivity contribution in [2.45, 2.75) is 32.7 Å². The molecule has 18 heavy (non-hydrogen) atoms. The van der Waals surface area contributed by atoms with Gasteiger partial charge >= 0.3 is 0 Å². The van der Waals surface area contributed by atoms with E-state index in [9.17, 15) is 9.59 Å². The number of rotatable bonds is 6. The van der Waals surface area contributed by atoms with Crippen LogP contribution < -0.4 is 16.6 Å². The van der Waals surface area contributed by atoms with Crippen molar-refractivity contribution in [3.63, 3.8) is 0 Å². The maximum atomic E-state index is 11.8. The molecule has 1 heterocycles. The Kier molecular flexibility index (Phi) is 5.58. The molecule has 1 aromatic rings. The number of amides is 1. The summed E-state index contributed by atoms with van der Waals surface area (Å²) in [6, 6.07) is 2.79. The fourth-order valence-electron chi connectivity index (χ4n) is 1.93. The zero-order valence-corrected chi connectivity index (χ0v) is 10.9. The Morgan fingerprint density at radius 2 is 2.06 bits per heavy atom. The zero-order valence-electron chi connectivity index (χ0n) is 10.9. The monoisotopic (exact) mass is 251 g/mol. The molecule has 1 rings (SSSR count). The van der Waals surface area contributed by atoms with Crippen LogP contribution in [-0.2, 0) is 0 Å². The average molecular weight is 251 g/mol. The molecular weight excluding hydrogens is 230 g/mol. The van der Waals surface area contributed by atoms with Crippen LogP contribution in [0.25, 0.3) is 0 Å². The molecule has 5 nitrogen and oxygen atoms in total. The molecule has 4 N–H and O–H groups in total. The molecule has 0 saturated heterocycles. The molecule has 1 amide bonds. The molecule has 100 valence electrons. The van der Waals surface area contributed by atoms with Crippen molar-refractivity contribution in [3.05, 3.63) is 34.2 Å². The van der Waals surface area contributed by atoms with Crippen molar-refractivity contribution >= 4 is 5.91 Å². The second kappa shape index (κ2) is 6.96. The van der Waals surface area contributed by atoms with Gasteiger partial charge in [0.15, 0.2) is 0 Å². The third-order valence-electron chi connectivity index (χ3n) is 3.20. The van der Waals surface area contributed by atoms with Gasteiger partial charge in [-0.25, -0.2) is 0 Å². The predicted molar refractivity (Wildman–Crippen MR) is 71.4 cm³/mol. The number of nitrogens with two attached hydrogens (primary N) is 1. The first-order valence-electron chi connectivity index (χ1n) is 6.31. The van der Waals surface area contributed by atoms with E-state index >= 15 is 0 Å². The summed E-state index contributed by atoms with van der Waals surface area (Å²) >= 11 is 0. The summed E-state index contributed by atoms with van der Waals surface area (Å²) in [4.78, 5) is 25.1. The van der Waals surface area contributed by atoms with Gasteiger partial charge in [-0.15, -0.1) is 0 Å². The molecule has 0 spiro atoms. The molecule has 0 aromatic carbocycles. The minimum Gasteiger partial charge on any atom is -0.350 e. The predicted octanol–water partition coefficient (Wildman–Crippen LogP) is 0.868. The number of hydrogen-bond acceptors (Lipinski definition) is 3. The Hall–Kier alpha value is -1.62. The molecular formula is C13H21N3O2. The number of nitrogens with one attached hydrogen (secondary N) is 2. The quantitative estimate of drug-likeness (QED) is 0.701. The van der Waals surface area contributed by atoms with Gasteiger partial charge in [0.2, 0.25) is 5.56 Å². The van der Waals surface area contributed by atoms with E-state index in [-0.39, 0.29) is 17.5 Å². The summed E-state index contributed by atoms with van der Waals surface area (Å²) in [6.07, 6.45) is 3.42. The van der Waals surface area contributed by atoms with Gasteiger partial charge in [0, 0.05) is 24.8 Å². The van der Waals surface area contributed by atoms with Gasteiger partial charge in [0.1, 0.15) is 0 Å². The van der Waals surface area contributed by atoms with E-state index in [1.807, 2.05) is 0 Å². The van der Waals surface area contributed by atoms with Crippen molar-refractivity contribution in [2.24, 2.45) is 11.7 Å². The standard InChI is InChI=1S/C13H21N3O2/c1-3-9(4-2)11(14)8-16-13(18)10-5-6-12(17)15-7-10/h5-7,9,11H,3-4,8,14H2,1-2H3,(H,15,17)(H,16,18). The van der Waals surface area contributed by atoms with Crippen molar-refractivity contribution in [1.29, 1.82) is 0 Å². The summed E-state index contributed by atoms with van der Waals surface area (Å²) in [5, 5.41) is 2.78. The summed E-state index contributed by atoms with van der Waals surface area (Å²) in [7, 11) is 0.